The molecule has 0 aromatic carbocycles. The fraction of sp³-hybridized carbons (Fsp3) is 0.583. The second kappa shape index (κ2) is 9.61. The number of nitrogens with one attached hydrogen (secondary N) is 1. The summed E-state index contributed by atoms with van der Waals surface area (Å²) in [5, 5.41) is 14.2. The average Bonchev–Trinajstić information content (AvgIpc) is 2.83. The fourth-order valence-corrected chi connectivity index (χ4v) is 6.03. The van der Waals surface area contributed by atoms with Crippen molar-refractivity contribution in [2.75, 3.05) is 0 Å². The summed E-state index contributed by atoms with van der Waals surface area (Å²) < 4.78 is 52.1. The van der Waals surface area contributed by atoms with Gasteiger partial charge in [0.05, 0.1) is 6.10 Å². The third-order valence-corrected chi connectivity index (χ3v) is 7.90. The number of nitrogens with zero attached hydrogens (tertiary/aromatic N) is 2. The van der Waals surface area contributed by atoms with Crippen LogP contribution in [0, 0.1) is 11.8 Å². The van der Waals surface area contributed by atoms with E-state index in [0.29, 0.717) is 10.9 Å². The van der Waals surface area contributed by atoms with E-state index in [1.807, 2.05) is 4.98 Å². The van der Waals surface area contributed by atoms with E-state index in [2.05, 4.69) is 30.1 Å². The summed E-state index contributed by atoms with van der Waals surface area (Å²) in [6.45, 7) is 2.36. The van der Waals surface area contributed by atoms with Crippen molar-refractivity contribution in [1.82, 2.24) is 14.8 Å². The lowest BCUT2D eigenvalue weighted by Crippen LogP contribution is -2.56. The number of aromatic nitrogens is 3. The first-order valence-electron chi connectivity index (χ1n) is 8.47. The third-order valence-electron chi connectivity index (χ3n) is 3.97. The van der Waals surface area contributed by atoms with Crippen molar-refractivity contribution >= 4 is 23.5 Å². The first kappa shape index (κ1) is 27.7. The Kier molecular flexibility index (Phi) is 8.06. The zero-order valence-corrected chi connectivity index (χ0v) is 19.3. The van der Waals surface area contributed by atoms with Gasteiger partial charge in [-0.1, -0.05) is 5.92 Å². The molecule has 3 unspecified atom stereocenters. The maximum atomic E-state index is 12.1. The number of nitrogens with two attached hydrogens (primary N) is 1. The highest BCUT2D eigenvalue weighted by molar-refractivity contribution is 7.66. The van der Waals surface area contributed by atoms with Crippen LogP contribution >= 0.6 is 23.5 Å². The molecule has 0 radical (unpaired) electrons. The molecule has 1 aliphatic heterocycles. The molecule has 0 spiro atoms. The molecule has 186 valence electrons. The van der Waals surface area contributed by atoms with Crippen molar-refractivity contribution in [3.05, 3.63) is 27.0 Å². The Hall–Kier alpha value is -1.54. The molecule has 0 aliphatic carbocycles. The largest absolute Gasteiger partial charge is 0.490 e. The average molecular weight is 536 g/mol. The lowest BCUT2D eigenvalue weighted by molar-refractivity contribution is -0.0794. The molecule has 0 amide bonds. The van der Waals surface area contributed by atoms with E-state index in [0.717, 1.165) is 6.92 Å². The fourth-order valence-electron chi connectivity index (χ4n) is 2.83. The minimum absolute atomic E-state index is 0.548. The number of aliphatic hydroxyl groups is 1. The minimum Gasteiger partial charge on any atom is -0.387 e. The van der Waals surface area contributed by atoms with Gasteiger partial charge in [-0.3, -0.25) is 14.3 Å². The number of rotatable bonds is 8. The van der Waals surface area contributed by atoms with E-state index < -0.39 is 64.8 Å². The summed E-state index contributed by atoms with van der Waals surface area (Å²) in [6, 6.07) is 0. The van der Waals surface area contributed by atoms with Crippen LogP contribution in [0.4, 0.5) is 0 Å². The van der Waals surface area contributed by atoms with Gasteiger partial charge < -0.3 is 35.2 Å². The second-order valence-corrected chi connectivity index (χ2v) is 10.9. The van der Waals surface area contributed by atoms with Gasteiger partial charge in [0, 0.05) is 0 Å². The zero-order chi connectivity index (χ0) is 25.4. The molecule has 33 heavy (non-hydrogen) atoms. The van der Waals surface area contributed by atoms with Gasteiger partial charge in [0.25, 0.3) is 5.56 Å². The van der Waals surface area contributed by atoms with Crippen LogP contribution in [-0.2, 0) is 31.6 Å². The molecule has 21 heteroatoms. The Morgan fingerprint density at radius 1 is 1.24 bits per heavy atom. The molecule has 0 bridgehead atoms. The Balaban J connectivity index is 2.32. The van der Waals surface area contributed by atoms with E-state index in [9.17, 15) is 38.2 Å². The molecular formula is C12H19N4O14P3. The highest BCUT2D eigenvalue weighted by Gasteiger charge is 2.57. The monoisotopic (exact) mass is 536 g/mol. The quantitative estimate of drug-likeness (QED) is 0.135. The highest BCUT2D eigenvalue weighted by atomic mass is 31.3. The molecule has 1 fully saturated rings. The molecule has 8 N–H and O–H groups in total. The molecule has 1 aliphatic rings. The molecule has 1 aromatic rings. The van der Waals surface area contributed by atoms with E-state index in [1.54, 1.807) is 0 Å². The van der Waals surface area contributed by atoms with Crippen LogP contribution in [0.15, 0.2) is 15.8 Å². The standard InChI is InChI=1S/C12H19N4O14P3/c1-3-4-12(13)9(18)8(27-10(12)16-11(19)15-7(17)5-14-16)6(2)28-32(23,24)30-33(25,26)29-31(20,21)22/h5-6,8-10,18H,13H2,1-2H3,(H,23,24)(H,25,26)(H,15,17,19)(H2,20,21,22)/t6-,8+,9-,10+,12?/m0/s1. The van der Waals surface area contributed by atoms with Crippen LogP contribution in [0.2, 0.25) is 0 Å². The number of H-pyrrole nitrogens is 1. The number of hydrogen-bond donors (Lipinski definition) is 7. The van der Waals surface area contributed by atoms with Gasteiger partial charge in [-0.05, 0) is 13.8 Å². The molecule has 1 aromatic heterocycles. The summed E-state index contributed by atoms with van der Waals surface area (Å²) in [5.41, 5.74) is 2.10. The molecule has 7 atom stereocenters. The Bertz CT molecular complexity index is 1210. The summed E-state index contributed by atoms with van der Waals surface area (Å²) in [5.74, 6) is 4.84. The predicted molar refractivity (Wildman–Crippen MR) is 104 cm³/mol. The van der Waals surface area contributed by atoms with E-state index in [-0.39, 0.29) is 0 Å². The second-order valence-electron chi connectivity index (χ2n) is 6.49. The van der Waals surface area contributed by atoms with Gasteiger partial charge in [0.1, 0.15) is 18.4 Å². The van der Waals surface area contributed by atoms with E-state index in [4.69, 9.17) is 20.3 Å². The van der Waals surface area contributed by atoms with Gasteiger partial charge in [-0.15, -0.1) is 5.92 Å². The summed E-state index contributed by atoms with van der Waals surface area (Å²) in [4.78, 5) is 61.3. The third kappa shape index (κ3) is 6.75. The van der Waals surface area contributed by atoms with E-state index >= 15 is 0 Å². The number of hydrogen-bond acceptors (Lipinski definition) is 12. The first-order chi connectivity index (χ1) is 14.9. The van der Waals surface area contributed by atoms with Crippen molar-refractivity contribution in [2.45, 2.75) is 43.9 Å². The van der Waals surface area contributed by atoms with Gasteiger partial charge in [0.15, 0.2) is 11.8 Å². The maximum Gasteiger partial charge on any atom is 0.490 e. The Labute approximate surface area is 183 Å². The lowest BCUT2D eigenvalue weighted by atomic mass is 9.90. The predicted octanol–water partition coefficient (Wildman–Crippen LogP) is -2.36. The van der Waals surface area contributed by atoms with Crippen molar-refractivity contribution in [3.63, 3.8) is 0 Å². The molecule has 0 saturated carbocycles. The van der Waals surface area contributed by atoms with Crippen molar-refractivity contribution in [3.8, 4) is 11.8 Å². The lowest BCUT2D eigenvalue weighted by Gasteiger charge is -2.27. The molecule has 2 rings (SSSR count). The van der Waals surface area contributed by atoms with Crippen LogP contribution in [0.25, 0.3) is 0 Å². The molecule has 2 heterocycles. The van der Waals surface area contributed by atoms with Gasteiger partial charge in [0.2, 0.25) is 0 Å². The SMILES string of the molecule is CC#CC1(N)[C@@H](O)[C@@H]([C@H](C)OP(=O)(O)OP(=O)(O)OP(=O)(O)O)O[C@H]1n1ncc(=O)[nH]c1=O. The molecular weight excluding hydrogens is 517 g/mol. The van der Waals surface area contributed by atoms with Crippen molar-refractivity contribution < 1.29 is 56.3 Å². The number of aromatic amines is 1. The topological polar surface area (TPSA) is 283 Å². The number of ether oxygens (including phenoxy) is 1. The van der Waals surface area contributed by atoms with Crippen LogP contribution in [0.5, 0.6) is 0 Å². The van der Waals surface area contributed by atoms with Crippen molar-refractivity contribution in [2.24, 2.45) is 5.73 Å². The molecule has 1 saturated heterocycles. The van der Waals surface area contributed by atoms with Crippen LogP contribution < -0.4 is 17.0 Å². The van der Waals surface area contributed by atoms with Gasteiger partial charge in [-0.2, -0.15) is 18.4 Å². The Morgan fingerprint density at radius 2 is 1.85 bits per heavy atom. The minimum atomic E-state index is -5.79. The van der Waals surface area contributed by atoms with Gasteiger partial charge >= 0.3 is 29.2 Å². The summed E-state index contributed by atoms with van der Waals surface area (Å²) >= 11 is 0. The summed E-state index contributed by atoms with van der Waals surface area (Å²) in [7, 11) is -17.0. The van der Waals surface area contributed by atoms with Crippen LogP contribution in [-0.4, -0.2) is 63.3 Å². The Morgan fingerprint density at radius 3 is 2.36 bits per heavy atom. The van der Waals surface area contributed by atoms with Crippen LogP contribution in [0.3, 0.4) is 0 Å². The number of aliphatic hydroxyl groups excluding tert-OH is 1. The smallest absolute Gasteiger partial charge is 0.387 e. The van der Waals surface area contributed by atoms with Crippen LogP contribution in [0.1, 0.15) is 20.1 Å². The molecule has 18 nitrogen and oxygen atoms in total. The number of phosphoric ester groups is 1. The van der Waals surface area contributed by atoms with Crippen molar-refractivity contribution in [1.29, 1.82) is 0 Å². The summed E-state index contributed by atoms with van der Waals surface area (Å²) in [6.07, 6.45) is -6.11. The first-order valence-corrected chi connectivity index (χ1v) is 13.0. The van der Waals surface area contributed by atoms with Gasteiger partial charge in [-0.25, -0.2) is 18.5 Å². The normalized spacial score (nSPS) is 30.0. The number of phosphoric acid groups is 3. The zero-order valence-electron chi connectivity index (χ0n) is 16.6. The van der Waals surface area contributed by atoms with E-state index in [1.165, 1.54) is 6.92 Å². The highest BCUT2D eigenvalue weighted by Crippen LogP contribution is 2.66. The maximum absolute atomic E-state index is 12.1.